The molecule has 2 aromatic carbocycles. The van der Waals surface area contributed by atoms with Crippen molar-refractivity contribution in [1.29, 1.82) is 0 Å². The molecule has 2 aromatic rings. The molecule has 1 heterocycles. The molecule has 1 saturated heterocycles. The molecule has 1 fully saturated rings. The Kier molecular flexibility index (Phi) is 7.11. The van der Waals surface area contributed by atoms with E-state index in [1.54, 1.807) is 11.8 Å². The molecule has 0 saturated carbocycles. The average molecular weight is 468 g/mol. The third-order valence-corrected chi connectivity index (χ3v) is 6.91. The first-order valence-corrected chi connectivity index (χ1v) is 12.4. The molecule has 31 heavy (non-hydrogen) atoms. The number of carbonyl (C=O) groups is 1. The minimum atomic E-state index is -3.75. The monoisotopic (exact) mass is 467 g/mol. The van der Waals surface area contributed by atoms with E-state index in [1.807, 2.05) is 25.1 Å². The summed E-state index contributed by atoms with van der Waals surface area (Å²) < 4.78 is 39.6. The van der Waals surface area contributed by atoms with Gasteiger partial charge in [0, 0.05) is 36.9 Å². The van der Waals surface area contributed by atoms with Crippen LogP contribution in [0.2, 0.25) is 5.02 Å². The number of halogens is 2. The molecule has 0 spiro atoms. The summed E-state index contributed by atoms with van der Waals surface area (Å²) >= 11 is 6.14. The van der Waals surface area contributed by atoms with Crippen molar-refractivity contribution >= 4 is 38.9 Å². The minimum Gasteiger partial charge on any atom is -0.368 e. The van der Waals surface area contributed by atoms with Crippen LogP contribution < -0.4 is 9.21 Å². The molecule has 168 valence electrons. The number of sulfonamides is 1. The Morgan fingerprint density at radius 2 is 1.74 bits per heavy atom. The van der Waals surface area contributed by atoms with Gasteiger partial charge in [-0.05, 0) is 55.3 Å². The van der Waals surface area contributed by atoms with Gasteiger partial charge in [0.15, 0.2) is 0 Å². The lowest BCUT2D eigenvalue weighted by Crippen LogP contribution is -2.56. The molecule has 0 bridgehead atoms. The van der Waals surface area contributed by atoms with E-state index in [4.69, 9.17) is 11.6 Å². The molecule has 0 unspecified atom stereocenters. The van der Waals surface area contributed by atoms with Crippen molar-refractivity contribution in [2.45, 2.75) is 26.3 Å². The van der Waals surface area contributed by atoms with Crippen molar-refractivity contribution in [3.05, 3.63) is 58.9 Å². The number of nitrogens with zero attached hydrogens (tertiary/aromatic N) is 3. The summed E-state index contributed by atoms with van der Waals surface area (Å²) in [7, 11) is -3.75. The molecule has 1 atom stereocenters. The molecule has 1 aliphatic rings. The van der Waals surface area contributed by atoms with Gasteiger partial charge in [0.25, 0.3) is 0 Å². The van der Waals surface area contributed by atoms with Gasteiger partial charge in [-0.3, -0.25) is 9.10 Å². The zero-order valence-electron chi connectivity index (χ0n) is 17.9. The minimum absolute atomic E-state index is 0.250. The third-order valence-electron chi connectivity index (χ3n) is 5.50. The second-order valence-corrected chi connectivity index (χ2v) is 10.00. The molecule has 1 aliphatic heterocycles. The number of hydrogen-bond acceptors (Lipinski definition) is 4. The van der Waals surface area contributed by atoms with Gasteiger partial charge in [0.1, 0.15) is 11.9 Å². The molecular weight excluding hydrogens is 441 g/mol. The SMILES string of the molecule is CC[C@H](C(=O)N1CCN(c2cc(Cl)ccc2C)CC1)N(c1ccc(F)cc1)S(C)(=O)=O. The van der Waals surface area contributed by atoms with Crippen molar-refractivity contribution in [3.63, 3.8) is 0 Å². The summed E-state index contributed by atoms with van der Waals surface area (Å²) in [6, 6.07) is 9.99. The van der Waals surface area contributed by atoms with Gasteiger partial charge in [-0.15, -0.1) is 0 Å². The Hall–Kier alpha value is -2.32. The average Bonchev–Trinajstić information content (AvgIpc) is 2.73. The number of aryl methyl sites for hydroxylation is 1. The summed E-state index contributed by atoms with van der Waals surface area (Å²) in [5, 5.41) is 0.660. The highest BCUT2D eigenvalue weighted by Crippen LogP contribution is 2.27. The van der Waals surface area contributed by atoms with Crippen LogP contribution in [-0.2, 0) is 14.8 Å². The van der Waals surface area contributed by atoms with Gasteiger partial charge in [-0.1, -0.05) is 24.6 Å². The van der Waals surface area contributed by atoms with Gasteiger partial charge in [0.05, 0.1) is 11.9 Å². The van der Waals surface area contributed by atoms with Crippen LogP contribution in [0.4, 0.5) is 15.8 Å². The summed E-state index contributed by atoms with van der Waals surface area (Å²) in [5.41, 5.74) is 2.42. The molecular formula is C22H27ClFN3O3S. The lowest BCUT2D eigenvalue weighted by Gasteiger charge is -2.40. The fourth-order valence-electron chi connectivity index (χ4n) is 3.93. The lowest BCUT2D eigenvalue weighted by atomic mass is 10.1. The first kappa shape index (κ1) is 23.3. The van der Waals surface area contributed by atoms with Gasteiger partial charge < -0.3 is 9.80 Å². The van der Waals surface area contributed by atoms with Crippen LogP contribution in [-0.4, -0.2) is 57.7 Å². The van der Waals surface area contributed by atoms with E-state index in [0.717, 1.165) is 21.8 Å². The van der Waals surface area contributed by atoms with E-state index in [1.165, 1.54) is 24.3 Å². The normalized spacial score (nSPS) is 15.6. The highest BCUT2D eigenvalue weighted by atomic mass is 35.5. The predicted molar refractivity (Wildman–Crippen MR) is 123 cm³/mol. The molecule has 0 N–H and O–H groups in total. The largest absolute Gasteiger partial charge is 0.368 e. The van der Waals surface area contributed by atoms with E-state index < -0.39 is 21.9 Å². The number of carbonyl (C=O) groups excluding carboxylic acids is 1. The standard InChI is InChI=1S/C22H27ClFN3O3S/c1-4-20(27(31(3,29)30)19-9-7-18(24)8-10-19)22(28)26-13-11-25(12-14-26)21-15-17(23)6-5-16(21)2/h5-10,15,20H,4,11-14H2,1-3H3/t20-/m1/s1. The first-order chi connectivity index (χ1) is 14.6. The van der Waals surface area contributed by atoms with E-state index in [0.29, 0.717) is 37.6 Å². The molecule has 0 aliphatic carbocycles. The summed E-state index contributed by atoms with van der Waals surface area (Å²) in [4.78, 5) is 17.2. The Bertz CT molecular complexity index is 1040. The number of benzene rings is 2. The van der Waals surface area contributed by atoms with E-state index in [-0.39, 0.29) is 11.6 Å². The highest BCUT2D eigenvalue weighted by molar-refractivity contribution is 7.92. The zero-order valence-corrected chi connectivity index (χ0v) is 19.5. The van der Waals surface area contributed by atoms with Crippen LogP contribution in [0.5, 0.6) is 0 Å². The van der Waals surface area contributed by atoms with Crippen LogP contribution in [0.3, 0.4) is 0 Å². The van der Waals surface area contributed by atoms with E-state index >= 15 is 0 Å². The maximum atomic E-state index is 13.4. The molecule has 0 aromatic heterocycles. The van der Waals surface area contributed by atoms with E-state index in [9.17, 15) is 17.6 Å². The number of anilines is 2. The fourth-order valence-corrected chi connectivity index (χ4v) is 5.31. The third kappa shape index (κ3) is 5.30. The van der Waals surface area contributed by atoms with Gasteiger partial charge in [-0.25, -0.2) is 12.8 Å². The van der Waals surface area contributed by atoms with Crippen LogP contribution in [0.15, 0.2) is 42.5 Å². The van der Waals surface area contributed by atoms with Crippen LogP contribution in [0.25, 0.3) is 0 Å². The number of rotatable bonds is 6. The lowest BCUT2D eigenvalue weighted by molar-refractivity contribution is -0.132. The summed E-state index contributed by atoms with van der Waals surface area (Å²) in [5.74, 6) is -0.719. The zero-order chi connectivity index (χ0) is 22.8. The predicted octanol–water partition coefficient (Wildman–Crippen LogP) is 3.68. The number of piperazine rings is 1. The molecule has 1 amide bonds. The molecule has 9 heteroatoms. The topological polar surface area (TPSA) is 60.9 Å². The van der Waals surface area contributed by atoms with Crippen LogP contribution in [0.1, 0.15) is 18.9 Å². The first-order valence-electron chi connectivity index (χ1n) is 10.2. The summed E-state index contributed by atoms with van der Waals surface area (Å²) in [6.07, 6.45) is 1.36. The maximum Gasteiger partial charge on any atom is 0.246 e. The Balaban J connectivity index is 1.78. The molecule has 6 nitrogen and oxygen atoms in total. The second kappa shape index (κ2) is 9.44. The fraction of sp³-hybridized carbons (Fsp3) is 0.409. The van der Waals surface area contributed by atoms with Gasteiger partial charge in [-0.2, -0.15) is 0 Å². The second-order valence-electron chi connectivity index (χ2n) is 7.70. The van der Waals surface area contributed by atoms with Crippen LogP contribution >= 0.6 is 11.6 Å². The maximum absolute atomic E-state index is 13.4. The Labute approximate surface area is 188 Å². The highest BCUT2D eigenvalue weighted by Gasteiger charge is 2.35. The quantitative estimate of drug-likeness (QED) is 0.650. The van der Waals surface area contributed by atoms with Gasteiger partial charge >= 0.3 is 0 Å². The van der Waals surface area contributed by atoms with Crippen molar-refractivity contribution in [3.8, 4) is 0 Å². The van der Waals surface area contributed by atoms with E-state index in [2.05, 4.69) is 4.90 Å². The van der Waals surface area contributed by atoms with Crippen molar-refractivity contribution in [2.24, 2.45) is 0 Å². The molecule has 3 rings (SSSR count). The van der Waals surface area contributed by atoms with Crippen molar-refractivity contribution in [2.75, 3.05) is 41.6 Å². The Morgan fingerprint density at radius 1 is 1.13 bits per heavy atom. The Morgan fingerprint density at radius 3 is 2.29 bits per heavy atom. The van der Waals surface area contributed by atoms with Crippen molar-refractivity contribution < 1.29 is 17.6 Å². The van der Waals surface area contributed by atoms with Crippen molar-refractivity contribution in [1.82, 2.24) is 4.90 Å². The van der Waals surface area contributed by atoms with Gasteiger partial charge in [0.2, 0.25) is 15.9 Å². The number of hydrogen-bond donors (Lipinski definition) is 0. The molecule has 0 radical (unpaired) electrons. The summed E-state index contributed by atoms with van der Waals surface area (Å²) in [6.45, 7) is 5.99. The number of amides is 1. The van der Waals surface area contributed by atoms with Crippen LogP contribution in [0, 0.1) is 12.7 Å². The smallest absolute Gasteiger partial charge is 0.246 e.